The SMILES string of the molecule is CN=C(NCc1ccn(-c2ccccc2)n1)NCC1CC(=O)N(CCc2ccccc2)C1.I. The Morgan fingerprint density at radius 3 is 2.52 bits per heavy atom. The van der Waals surface area contributed by atoms with Gasteiger partial charge in [-0.25, -0.2) is 4.68 Å². The molecule has 2 N–H and O–H groups in total. The predicted octanol–water partition coefficient (Wildman–Crippen LogP) is 3.25. The van der Waals surface area contributed by atoms with Crippen LogP contribution in [0.25, 0.3) is 5.69 Å². The summed E-state index contributed by atoms with van der Waals surface area (Å²) < 4.78 is 1.86. The molecule has 8 heteroatoms. The number of benzene rings is 2. The molecule has 0 saturated carbocycles. The molecule has 4 rings (SSSR count). The zero-order valence-electron chi connectivity index (χ0n) is 18.9. The highest BCUT2D eigenvalue weighted by molar-refractivity contribution is 14.0. The number of hydrogen-bond acceptors (Lipinski definition) is 3. The number of hydrogen-bond donors (Lipinski definition) is 2. The van der Waals surface area contributed by atoms with Crippen LogP contribution in [0.2, 0.25) is 0 Å². The molecule has 1 aliphatic heterocycles. The van der Waals surface area contributed by atoms with Gasteiger partial charge in [-0.15, -0.1) is 24.0 Å². The van der Waals surface area contributed by atoms with Crippen molar-refractivity contribution < 1.29 is 4.79 Å². The van der Waals surface area contributed by atoms with E-state index in [-0.39, 0.29) is 35.8 Å². The number of carbonyl (C=O) groups excluding carboxylic acids is 1. The summed E-state index contributed by atoms with van der Waals surface area (Å²) in [5.41, 5.74) is 3.23. The fourth-order valence-electron chi connectivity index (χ4n) is 3.93. The largest absolute Gasteiger partial charge is 0.356 e. The van der Waals surface area contributed by atoms with Crippen LogP contribution in [0.4, 0.5) is 0 Å². The Morgan fingerprint density at radius 1 is 1.06 bits per heavy atom. The van der Waals surface area contributed by atoms with Crippen LogP contribution < -0.4 is 10.6 Å². The summed E-state index contributed by atoms with van der Waals surface area (Å²) in [6.07, 6.45) is 3.43. The number of nitrogens with zero attached hydrogens (tertiary/aromatic N) is 4. The molecule has 0 bridgehead atoms. The van der Waals surface area contributed by atoms with Crippen LogP contribution in [0.5, 0.6) is 0 Å². The molecule has 174 valence electrons. The lowest BCUT2D eigenvalue weighted by atomic mass is 10.1. The van der Waals surface area contributed by atoms with Crippen molar-refractivity contribution in [3.05, 3.63) is 84.2 Å². The van der Waals surface area contributed by atoms with E-state index in [4.69, 9.17) is 0 Å². The molecule has 0 aliphatic carbocycles. The van der Waals surface area contributed by atoms with Gasteiger partial charge < -0.3 is 15.5 Å². The Morgan fingerprint density at radius 2 is 1.79 bits per heavy atom. The van der Waals surface area contributed by atoms with Gasteiger partial charge in [-0.2, -0.15) is 5.10 Å². The first-order valence-electron chi connectivity index (χ1n) is 11.1. The zero-order chi connectivity index (χ0) is 22.2. The van der Waals surface area contributed by atoms with Crippen LogP contribution in [-0.2, 0) is 17.8 Å². The van der Waals surface area contributed by atoms with Crippen molar-refractivity contribution in [2.45, 2.75) is 19.4 Å². The molecule has 2 heterocycles. The second-order valence-corrected chi connectivity index (χ2v) is 8.04. The molecular weight excluding hydrogens is 527 g/mol. The van der Waals surface area contributed by atoms with Crippen molar-refractivity contribution in [3.8, 4) is 5.69 Å². The van der Waals surface area contributed by atoms with Crippen LogP contribution in [-0.4, -0.2) is 53.2 Å². The first-order valence-corrected chi connectivity index (χ1v) is 11.1. The lowest BCUT2D eigenvalue weighted by Gasteiger charge is -2.17. The second kappa shape index (κ2) is 12.4. The summed E-state index contributed by atoms with van der Waals surface area (Å²) in [6.45, 7) is 2.85. The molecule has 0 spiro atoms. The lowest BCUT2D eigenvalue weighted by molar-refractivity contribution is -0.127. The molecule has 7 nitrogen and oxygen atoms in total. The highest BCUT2D eigenvalue weighted by Crippen LogP contribution is 2.17. The third-order valence-electron chi connectivity index (χ3n) is 5.69. The van der Waals surface area contributed by atoms with Crippen molar-refractivity contribution in [1.82, 2.24) is 25.3 Å². The van der Waals surface area contributed by atoms with E-state index >= 15 is 0 Å². The molecule has 3 aromatic rings. The monoisotopic (exact) mass is 558 g/mol. The molecule has 1 fully saturated rings. The minimum atomic E-state index is 0. The summed E-state index contributed by atoms with van der Waals surface area (Å²) in [5, 5.41) is 11.3. The van der Waals surface area contributed by atoms with E-state index in [0.717, 1.165) is 36.9 Å². The number of carbonyl (C=O) groups is 1. The molecule has 0 radical (unpaired) electrons. The Hall–Kier alpha value is -2.88. The number of guanidine groups is 1. The number of halogens is 1. The molecule has 1 saturated heterocycles. The van der Waals surface area contributed by atoms with Crippen LogP contribution in [0.3, 0.4) is 0 Å². The summed E-state index contributed by atoms with van der Waals surface area (Å²) in [6, 6.07) is 22.3. The third kappa shape index (κ3) is 7.05. The standard InChI is InChI=1S/C25H30N6O.HI/c1-26-25(28-18-22-13-15-31(29-22)23-10-6-3-7-11-23)27-17-21-16-24(32)30(19-21)14-12-20-8-4-2-5-9-20;/h2-11,13,15,21H,12,14,16-19H2,1H3,(H2,26,27,28);1H. The smallest absolute Gasteiger partial charge is 0.223 e. The normalized spacial score (nSPS) is 15.9. The van der Waals surface area contributed by atoms with Gasteiger partial charge >= 0.3 is 0 Å². The van der Waals surface area contributed by atoms with Gasteiger partial charge in [-0.1, -0.05) is 48.5 Å². The van der Waals surface area contributed by atoms with Crippen molar-refractivity contribution in [2.24, 2.45) is 10.9 Å². The van der Waals surface area contributed by atoms with Gasteiger partial charge in [0.2, 0.25) is 5.91 Å². The molecule has 33 heavy (non-hydrogen) atoms. The van der Waals surface area contributed by atoms with Crippen LogP contribution in [0.1, 0.15) is 17.7 Å². The molecule has 1 unspecified atom stereocenters. The Labute approximate surface area is 212 Å². The van der Waals surface area contributed by atoms with Gasteiger partial charge in [0, 0.05) is 45.2 Å². The number of rotatable bonds is 8. The maximum absolute atomic E-state index is 12.4. The summed E-state index contributed by atoms with van der Waals surface area (Å²) in [7, 11) is 1.75. The van der Waals surface area contributed by atoms with Gasteiger partial charge in [0.25, 0.3) is 0 Å². The molecule has 1 amide bonds. The van der Waals surface area contributed by atoms with E-state index in [0.29, 0.717) is 19.5 Å². The summed E-state index contributed by atoms with van der Waals surface area (Å²) >= 11 is 0. The van der Waals surface area contributed by atoms with Crippen molar-refractivity contribution in [3.63, 3.8) is 0 Å². The van der Waals surface area contributed by atoms with E-state index in [1.807, 2.05) is 70.4 Å². The molecule has 2 aromatic carbocycles. The predicted molar refractivity (Wildman–Crippen MR) is 142 cm³/mol. The van der Waals surface area contributed by atoms with Gasteiger partial charge in [-0.05, 0) is 30.2 Å². The van der Waals surface area contributed by atoms with Gasteiger partial charge in [0.1, 0.15) is 0 Å². The lowest BCUT2D eigenvalue weighted by Crippen LogP contribution is -2.40. The van der Waals surface area contributed by atoms with Crippen LogP contribution in [0.15, 0.2) is 77.9 Å². The number of para-hydroxylation sites is 1. The number of likely N-dealkylation sites (tertiary alicyclic amines) is 1. The minimum absolute atomic E-state index is 0. The Balaban J connectivity index is 0.00000306. The number of nitrogens with one attached hydrogen (secondary N) is 2. The van der Waals surface area contributed by atoms with Crippen LogP contribution in [0, 0.1) is 5.92 Å². The third-order valence-corrected chi connectivity index (χ3v) is 5.69. The number of aliphatic imine (C=N–C) groups is 1. The fraction of sp³-hybridized carbons (Fsp3) is 0.320. The zero-order valence-corrected chi connectivity index (χ0v) is 21.2. The maximum Gasteiger partial charge on any atom is 0.223 e. The fourth-order valence-corrected chi connectivity index (χ4v) is 3.93. The molecule has 1 atom stereocenters. The first-order chi connectivity index (χ1) is 15.7. The van der Waals surface area contributed by atoms with Gasteiger partial charge in [0.05, 0.1) is 17.9 Å². The average molecular weight is 558 g/mol. The topological polar surface area (TPSA) is 74.5 Å². The number of aromatic nitrogens is 2. The Bertz CT molecular complexity index is 1040. The van der Waals surface area contributed by atoms with Crippen molar-refractivity contribution in [1.29, 1.82) is 0 Å². The molecular formula is C25H31IN6O. The van der Waals surface area contributed by atoms with E-state index in [2.05, 4.69) is 32.9 Å². The first kappa shape index (κ1) is 24.8. The van der Waals surface area contributed by atoms with Crippen molar-refractivity contribution >= 4 is 35.8 Å². The minimum Gasteiger partial charge on any atom is -0.356 e. The molecule has 1 aliphatic rings. The summed E-state index contributed by atoms with van der Waals surface area (Å²) in [5.74, 6) is 1.24. The highest BCUT2D eigenvalue weighted by Gasteiger charge is 2.29. The quantitative estimate of drug-likeness (QED) is 0.253. The van der Waals surface area contributed by atoms with Crippen LogP contribution >= 0.6 is 24.0 Å². The average Bonchev–Trinajstić information content (AvgIpc) is 3.45. The van der Waals surface area contributed by atoms with E-state index in [1.54, 1.807) is 7.05 Å². The van der Waals surface area contributed by atoms with Gasteiger partial charge in [0.15, 0.2) is 5.96 Å². The van der Waals surface area contributed by atoms with E-state index in [1.165, 1.54) is 5.56 Å². The second-order valence-electron chi connectivity index (χ2n) is 8.04. The maximum atomic E-state index is 12.4. The summed E-state index contributed by atoms with van der Waals surface area (Å²) in [4.78, 5) is 18.7. The Kier molecular flexibility index (Phi) is 9.29. The van der Waals surface area contributed by atoms with Crippen molar-refractivity contribution in [2.75, 3.05) is 26.7 Å². The van der Waals surface area contributed by atoms with E-state index in [9.17, 15) is 4.79 Å². The number of amides is 1. The van der Waals surface area contributed by atoms with Gasteiger partial charge in [-0.3, -0.25) is 9.79 Å². The highest BCUT2D eigenvalue weighted by atomic mass is 127. The van der Waals surface area contributed by atoms with E-state index < -0.39 is 0 Å². The molecule has 1 aromatic heterocycles.